The number of ether oxygens (including phenoxy) is 1. The molecular formula is C13H18FNO. The minimum absolute atomic E-state index is 0.168. The Morgan fingerprint density at radius 2 is 2.25 bits per heavy atom. The third-order valence-electron chi connectivity index (χ3n) is 2.27. The van der Waals surface area contributed by atoms with Gasteiger partial charge in [-0.3, -0.25) is 0 Å². The van der Waals surface area contributed by atoms with Crippen LogP contribution in [0.1, 0.15) is 31.9 Å². The molecule has 0 saturated heterocycles. The van der Waals surface area contributed by atoms with Gasteiger partial charge < -0.3 is 10.5 Å². The zero-order valence-electron chi connectivity index (χ0n) is 9.79. The summed E-state index contributed by atoms with van der Waals surface area (Å²) >= 11 is 0. The van der Waals surface area contributed by atoms with Crippen LogP contribution >= 0.6 is 0 Å². The lowest BCUT2D eigenvalue weighted by molar-refractivity contribution is 0.305. The number of hydrogen-bond acceptors (Lipinski definition) is 2. The zero-order valence-corrected chi connectivity index (χ0v) is 9.79. The first-order valence-electron chi connectivity index (χ1n) is 5.33. The van der Waals surface area contributed by atoms with Crippen molar-refractivity contribution in [3.8, 4) is 5.75 Å². The minimum atomic E-state index is -0.364. The molecule has 0 unspecified atom stereocenters. The first-order valence-corrected chi connectivity index (χ1v) is 5.33. The summed E-state index contributed by atoms with van der Waals surface area (Å²) in [6.07, 6.45) is 0.731. The van der Waals surface area contributed by atoms with Crippen molar-refractivity contribution < 1.29 is 9.13 Å². The molecule has 1 aromatic rings. The summed E-state index contributed by atoms with van der Waals surface area (Å²) in [5.74, 6) is -0.0952. The van der Waals surface area contributed by atoms with Crippen LogP contribution in [0.2, 0.25) is 0 Å². The van der Waals surface area contributed by atoms with Crippen molar-refractivity contribution >= 4 is 0 Å². The van der Waals surface area contributed by atoms with Crippen LogP contribution in [0.3, 0.4) is 0 Å². The molecule has 88 valence electrons. The zero-order chi connectivity index (χ0) is 12.1. The molecule has 0 spiro atoms. The smallest absolute Gasteiger partial charge is 0.165 e. The lowest BCUT2D eigenvalue weighted by atomic mass is 10.1. The van der Waals surface area contributed by atoms with Crippen molar-refractivity contribution in [2.24, 2.45) is 5.73 Å². The van der Waals surface area contributed by atoms with Crippen LogP contribution in [0.25, 0.3) is 0 Å². The van der Waals surface area contributed by atoms with Crippen LogP contribution in [0.4, 0.5) is 4.39 Å². The molecule has 0 heterocycles. The van der Waals surface area contributed by atoms with Crippen LogP contribution in [0.15, 0.2) is 30.4 Å². The predicted molar refractivity (Wildman–Crippen MR) is 63.9 cm³/mol. The van der Waals surface area contributed by atoms with E-state index in [2.05, 4.69) is 6.58 Å². The second-order valence-electron chi connectivity index (χ2n) is 4.03. The first kappa shape index (κ1) is 12.7. The van der Waals surface area contributed by atoms with Gasteiger partial charge in [0.1, 0.15) is 0 Å². The minimum Gasteiger partial charge on any atom is -0.490 e. The molecule has 0 radical (unpaired) electrons. The van der Waals surface area contributed by atoms with E-state index >= 15 is 0 Å². The van der Waals surface area contributed by atoms with E-state index in [1.807, 2.05) is 13.8 Å². The number of rotatable bonds is 5. The van der Waals surface area contributed by atoms with Crippen LogP contribution in [0, 0.1) is 5.82 Å². The number of halogens is 1. The molecule has 2 N–H and O–H groups in total. The molecule has 0 aromatic heterocycles. The Bertz CT molecular complexity index is 374. The molecule has 1 atom stereocenters. The molecule has 0 saturated carbocycles. The van der Waals surface area contributed by atoms with Gasteiger partial charge in [0.05, 0.1) is 6.61 Å². The Kier molecular flexibility index (Phi) is 4.50. The fraction of sp³-hybridized carbons (Fsp3) is 0.385. The van der Waals surface area contributed by atoms with E-state index in [0.717, 1.165) is 17.6 Å². The van der Waals surface area contributed by atoms with Crippen LogP contribution in [-0.4, -0.2) is 6.61 Å². The SMILES string of the molecule is C=C(C)CCOc1ccc([C@H](C)N)cc1F. The van der Waals surface area contributed by atoms with E-state index in [0.29, 0.717) is 6.61 Å². The van der Waals surface area contributed by atoms with Crippen LogP contribution in [-0.2, 0) is 0 Å². The Hall–Kier alpha value is -1.35. The summed E-state index contributed by atoms with van der Waals surface area (Å²) in [5, 5.41) is 0. The Morgan fingerprint density at radius 3 is 2.75 bits per heavy atom. The Labute approximate surface area is 95.9 Å². The van der Waals surface area contributed by atoms with Gasteiger partial charge in [-0.25, -0.2) is 4.39 Å². The molecule has 0 bridgehead atoms. The highest BCUT2D eigenvalue weighted by atomic mass is 19.1. The summed E-state index contributed by atoms with van der Waals surface area (Å²) in [5.41, 5.74) is 7.44. The van der Waals surface area contributed by atoms with Gasteiger partial charge in [0.2, 0.25) is 0 Å². The van der Waals surface area contributed by atoms with Gasteiger partial charge in [-0.05, 0) is 31.5 Å². The molecule has 0 aliphatic rings. The van der Waals surface area contributed by atoms with Crippen molar-refractivity contribution in [3.05, 3.63) is 41.7 Å². The van der Waals surface area contributed by atoms with Gasteiger partial charge in [-0.15, -0.1) is 6.58 Å². The standard InChI is InChI=1S/C13H18FNO/c1-9(2)6-7-16-13-5-4-11(10(3)15)8-12(13)14/h4-5,8,10H,1,6-7,15H2,2-3H3/t10-/m0/s1. The van der Waals surface area contributed by atoms with E-state index in [1.54, 1.807) is 12.1 Å². The van der Waals surface area contributed by atoms with Gasteiger partial charge >= 0.3 is 0 Å². The highest BCUT2D eigenvalue weighted by Crippen LogP contribution is 2.21. The summed E-state index contributed by atoms with van der Waals surface area (Å²) in [6, 6.07) is 4.65. The van der Waals surface area contributed by atoms with Gasteiger partial charge in [0.25, 0.3) is 0 Å². The van der Waals surface area contributed by atoms with Gasteiger partial charge in [-0.1, -0.05) is 11.6 Å². The second kappa shape index (κ2) is 5.66. The topological polar surface area (TPSA) is 35.2 Å². The van der Waals surface area contributed by atoms with Gasteiger partial charge in [0.15, 0.2) is 11.6 Å². The van der Waals surface area contributed by atoms with Crippen molar-refractivity contribution in [2.75, 3.05) is 6.61 Å². The molecule has 3 heteroatoms. The van der Waals surface area contributed by atoms with E-state index in [4.69, 9.17) is 10.5 Å². The maximum atomic E-state index is 13.5. The van der Waals surface area contributed by atoms with E-state index in [9.17, 15) is 4.39 Å². The third-order valence-corrected chi connectivity index (χ3v) is 2.27. The van der Waals surface area contributed by atoms with Gasteiger partial charge in [-0.2, -0.15) is 0 Å². The highest BCUT2D eigenvalue weighted by molar-refractivity contribution is 5.30. The summed E-state index contributed by atoms with van der Waals surface area (Å²) in [7, 11) is 0. The van der Waals surface area contributed by atoms with Gasteiger partial charge in [0, 0.05) is 12.5 Å². The van der Waals surface area contributed by atoms with E-state index < -0.39 is 0 Å². The summed E-state index contributed by atoms with van der Waals surface area (Å²) in [4.78, 5) is 0. The van der Waals surface area contributed by atoms with Crippen molar-refractivity contribution in [1.29, 1.82) is 0 Å². The second-order valence-corrected chi connectivity index (χ2v) is 4.03. The fourth-order valence-electron chi connectivity index (χ4n) is 1.25. The maximum Gasteiger partial charge on any atom is 0.165 e. The van der Waals surface area contributed by atoms with E-state index in [1.165, 1.54) is 6.07 Å². The Morgan fingerprint density at radius 1 is 1.56 bits per heavy atom. The lowest BCUT2D eigenvalue weighted by Gasteiger charge is -2.10. The first-order chi connectivity index (χ1) is 7.50. The normalized spacial score (nSPS) is 12.2. The van der Waals surface area contributed by atoms with Crippen LogP contribution < -0.4 is 10.5 Å². The number of nitrogens with two attached hydrogens (primary N) is 1. The maximum absolute atomic E-state index is 13.5. The molecule has 0 aliphatic carbocycles. The molecule has 1 aromatic carbocycles. The Balaban J connectivity index is 2.64. The summed E-state index contributed by atoms with van der Waals surface area (Å²) < 4.78 is 18.8. The molecule has 1 rings (SSSR count). The predicted octanol–water partition coefficient (Wildman–Crippen LogP) is 3.19. The molecule has 0 amide bonds. The molecular weight excluding hydrogens is 205 g/mol. The monoisotopic (exact) mass is 223 g/mol. The average molecular weight is 223 g/mol. The van der Waals surface area contributed by atoms with Crippen molar-refractivity contribution in [1.82, 2.24) is 0 Å². The largest absolute Gasteiger partial charge is 0.490 e. The molecule has 0 fully saturated rings. The quantitative estimate of drug-likeness (QED) is 0.778. The number of hydrogen-bond donors (Lipinski definition) is 1. The van der Waals surface area contributed by atoms with Crippen molar-refractivity contribution in [2.45, 2.75) is 26.3 Å². The number of benzene rings is 1. The molecule has 2 nitrogen and oxygen atoms in total. The van der Waals surface area contributed by atoms with E-state index in [-0.39, 0.29) is 17.6 Å². The third kappa shape index (κ3) is 3.66. The lowest BCUT2D eigenvalue weighted by Crippen LogP contribution is -2.06. The van der Waals surface area contributed by atoms with Crippen molar-refractivity contribution in [3.63, 3.8) is 0 Å². The molecule has 0 aliphatic heterocycles. The fourth-order valence-corrected chi connectivity index (χ4v) is 1.25. The van der Waals surface area contributed by atoms with Crippen LogP contribution in [0.5, 0.6) is 5.75 Å². The summed E-state index contributed by atoms with van der Waals surface area (Å²) in [6.45, 7) is 7.94. The average Bonchev–Trinajstić information content (AvgIpc) is 2.19. The highest BCUT2D eigenvalue weighted by Gasteiger charge is 2.06. The molecule has 16 heavy (non-hydrogen) atoms.